The first kappa shape index (κ1) is 11.6. The number of likely N-dealkylation sites (tertiary alicyclic amines) is 1. The topological polar surface area (TPSA) is 39.9 Å². The molecule has 86 valence electrons. The Hall–Kier alpha value is -0.920. The molecule has 0 spiro atoms. The maximum absolute atomic E-state index is 8.69. The summed E-state index contributed by atoms with van der Waals surface area (Å²) in [6.07, 6.45) is 3.67. The molecule has 4 heteroatoms. The molecule has 0 aliphatic carbocycles. The largest absolute Gasteiger partial charge is 0.303 e. The van der Waals surface area contributed by atoms with Crippen LogP contribution in [0.25, 0.3) is 0 Å². The van der Waals surface area contributed by atoms with Crippen molar-refractivity contribution >= 4 is 11.3 Å². The van der Waals surface area contributed by atoms with E-state index in [0.717, 1.165) is 23.9 Å². The third-order valence-electron chi connectivity index (χ3n) is 3.05. The Balaban J connectivity index is 1.80. The zero-order valence-electron chi connectivity index (χ0n) is 9.65. The van der Waals surface area contributed by atoms with Crippen LogP contribution in [0.2, 0.25) is 0 Å². The van der Waals surface area contributed by atoms with E-state index in [1.165, 1.54) is 25.9 Å². The number of nitriles is 1. The van der Waals surface area contributed by atoms with Crippen molar-refractivity contribution in [1.29, 1.82) is 5.26 Å². The Labute approximate surface area is 101 Å². The van der Waals surface area contributed by atoms with Crippen LogP contribution >= 0.6 is 11.3 Å². The first-order chi connectivity index (χ1) is 7.78. The molecule has 2 rings (SSSR count). The van der Waals surface area contributed by atoms with Gasteiger partial charge in [-0.05, 0) is 25.3 Å². The van der Waals surface area contributed by atoms with Gasteiger partial charge in [0, 0.05) is 24.9 Å². The molecule has 0 saturated carbocycles. The Morgan fingerprint density at radius 2 is 2.56 bits per heavy atom. The maximum Gasteiger partial charge on any atom is 0.151 e. The average Bonchev–Trinajstić information content (AvgIpc) is 2.74. The van der Waals surface area contributed by atoms with Crippen molar-refractivity contribution in [3.05, 3.63) is 16.1 Å². The van der Waals surface area contributed by atoms with E-state index in [1.54, 1.807) is 11.3 Å². The van der Waals surface area contributed by atoms with Crippen LogP contribution in [0.5, 0.6) is 0 Å². The summed E-state index contributed by atoms with van der Waals surface area (Å²) in [6, 6.07) is 2.08. The molecular formula is C12H17N3S. The van der Waals surface area contributed by atoms with Gasteiger partial charge >= 0.3 is 0 Å². The summed E-state index contributed by atoms with van der Waals surface area (Å²) in [5, 5.41) is 11.6. The molecule has 0 bridgehead atoms. The number of aromatic nitrogens is 1. The molecule has 1 unspecified atom stereocenters. The van der Waals surface area contributed by atoms with Crippen LogP contribution in [0.3, 0.4) is 0 Å². The smallest absolute Gasteiger partial charge is 0.151 e. The number of thiazole rings is 1. The van der Waals surface area contributed by atoms with Gasteiger partial charge in [-0.25, -0.2) is 4.98 Å². The molecule has 16 heavy (non-hydrogen) atoms. The van der Waals surface area contributed by atoms with Crippen molar-refractivity contribution in [3.63, 3.8) is 0 Å². The summed E-state index contributed by atoms with van der Waals surface area (Å²) in [5.74, 6) is 0.833. The molecule has 1 atom stereocenters. The van der Waals surface area contributed by atoms with Crippen LogP contribution in [0.15, 0.2) is 5.38 Å². The number of rotatable bonds is 3. The van der Waals surface area contributed by atoms with Crippen molar-refractivity contribution in [1.82, 2.24) is 9.88 Å². The number of hydrogen-bond acceptors (Lipinski definition) is 4. The van der Waals surface area contributed by atoms with Gasteiger partial charge in [0.1, 0.15) is 6.07 Å². The SMILES string of the molecule is CC1CCCN(CCc2nc(C#N)cs2)C1. The van der Waals surface area contributed by atoms with Crippen molar-refractivity contribution in [2.45, 2.75) is 26.2 Å². The van der Waals surface area contributed by atoms with Gasteiger partial charge in [0.05, 0.1) is 5.01 Å². The lowest BCUT2D eigenvalue weighted by atomic mass is 10.0. The normalized spacial score (nSPS) is 21.9. The monoisotopic (exact) mass is 235 g/mol. The van der Waals surface area contributed by atoms with E-state index in [2.05, 4.69) is 22.9 Å². The Bertz CT molecular complexity index is 380. The average molecular weight is 235 g/mol. The molecule has 1 aromatic rings. The highest BCUT2D eigenvalue weighted by Gasteiger charge is 2.16. The highest BCUT2D eigenvalue weighted by atomic mass is 32.1. The van der Waals surface area contributed by atoms with E-state index >= 15 is 0 Å². The molecule has 1 fully saturated rings. The predicted molar refractivity (Wildman–Crippen MR) is 65.4 cm³/mol. The summed E-state index contributed by atoms with van der Waals surface area (Å²) >= 11 is 1.60. The number of hydrogen-bond donors (Lipinski definition) is 0. The quantitative estimate of drug-likeness (QED) is 0.807. The lowest BCUT2D eigenvalue weighted by molar-refractivity contribution is 0.186. The molecule has 0 radical (unpaired) electrons. The Morgan fingerprint density at radius 1 is 1.69 bits per heavy atom. The molecule has 2 heterocycles. The van der Waals surface area contributed by atoms with Gasteiger partial charge in [0.25, 0.3) is 0 Å². The van der Waals surface area contributed by atoms with Crippen molar-refractivity contribution in [2.24, 2.45) is 5.92 Å². The van der Waals surface area contributed by atoms with Crippen molar-refractivity contribution in [3.8, 4) is 6.07 Å². The third kappa shape index (κ3) is 3.03. The van der Waals surface area contributed by atoms with E-state index in [4.69, 9.17) is 5.26 Å². The molecule has 1 aliphatic rings. The zero-order chi connectivity index (χ0) is 11.4. The fourth-order valence-electron chi connectivity index (χ4n) is 2.22. The van der Waals surface area contributed by atoms with E-state index in [1.807, 2.05) is 5.38 Å². The lowest BCUT2D eigenvalue weighted by Gasteiger charge is -2.30. The number of nitrogens with zero attached hydrogens (tertiary/aromatic N) is 3. The predicted octanol–water partition coefficient (Wildman–Crippen LogP) is 2.29. The van der Waals surface area contributed by atoms with Crippen LogP contribution in [0.4, 0.5) is 0 Å². The van der Waals surface area contributed by atoms with Crippen LogP contribution in [0.1, 0.15) is 30.5 Å². The standard InChI is InChI=1S/C12H17N3S/c1-10-3-2-5-15(8-10)6-4-12-14-11(7-13)9-16-12/h9-10H,2-6,8H2,1H3. The summed E-state index contributed by atoms with van der Waals surface area (Å²) in [4.78, 5) is 6.78. The van der Waals surface area contributed by atoms with Crippen molar-refractivity contribution < 1.29 is 0 Å². The van der Waals surface area contributed by atoms with Gasteiger partial charge in [0.2, 0.25) is 0 Å². The van der Waals surface area contributed by atoms with E-state index in [0.29, 0.717) is 5.69 Å². The fraction of sp³-hybridized carbons (Fsp3) is 0.667. The van der Waals surface area contributed by atoms with E-state index in [9.17, 15) is 0 Å². The highest BCUT2D eigenvalue weighted by Crippen LogP contribution is 2.16. The second-order valence-electron chi connectivity index (χ2n) is 4.54. The first-order valence-electron chi connectivity index (χ1n) is 5.85. The van der Waals surface area contributed by atoms with Gasteiger partial charge in [-0.3, -0.25) is 0 Å². The summed E-state index contributed by atoms with van der Waals surface area (Å²) in [6.45, 7) is 5.85. The molecular weight excluding hydrogens is 218 g/mol. The van der Waals surface area contributed by atoms with E-state index in [-0.39, 0.29) is 0 Å². The lowest BCUT2D eigenvalue weighted by Crippen LogP contribution is -2.35. The maximum atomic E-state index is 8.69. The molecule has 1 saturated heterocycles. The molecule has 1 aliphatic heterocycles. The Kier molecular flexibility index (Phi) is 3.92. The third-order valence-corrected chi connectivity index (χ3v) is 3.96. The van der Waals surface area contributed by atoms with E-state index < -0.39 is 0 Å². The summed E-state index contributed by atoms with van der Waals surface area (Å²) in [5.41, 5.74) is 0.562. The second-order valence-corrected chi connectivity index (χ2v) is 5.48. The second kappa shape index (κ2) is 5.42. The molecule has 1 aromatic heterocycles. The van der Waals surface area contributed by atoms with Gasteiger partial charge in [-0.15, -0.1) is 11.3 Å². The van der Waals surface area contributed by atoms with Crippen LogP contribution in [0, 0.1) is 17.2 Å². The van der Waals surface area contributed by atoms with Crippen LogP contribution in [-0.2, 0) is 6.42 Å². The van der Waals surface area contributed by atoms with Gasteiger partial charge in [0.15, 0.2) is 5.69 Å². The van der Waals surface area contributed by atoms with Gasteiger partial charge < -0.3 is 4.90 Å². The van der Waals surface area contributed by atoms with Gasteiger partial charge in [-0.2, -0.15) is 5.26 Å². The minimum absolute atomic E-state index is 0.562. The summed E-state index contributed by atoms with van der Waals surface area (Å²) < 4.78 is 0. The van der Waals surface area contributed by atoms with Crippen LogP contribution in [-0.4, -0.2) is 29.5 Å². The summed E-state index contributed by atoms with van der Waals surface area (Å²) in [7, 11) is 0. The molecule has 0 N–H and O–H groups in total. The fourth-order valence-corrected chi connectivity index (χ4v) is 2.93. The molecule has 0 amide bonds. The first-order valence-corrected chi connectivity index (χ1v) is 6.73. The van der Waals surface area contributed by atoms with Gasteiger partial charge in [-0.1, -0.05) is 6.92 Å². The minimum Gasteiger partial charge on any atom is -0.303 e. The number of piperidine rings is 1. The highest BCUT2D eigenvalue weighted by molar-refractivity contribution is 7.09. The molecule has 3 nitrogen and oxygen atoms in total. The van der Waals surface area contributed by atoms with Crippen LogP contribution < -0.4 is 0 Å². The van der Waals surface area contributed by atoms with Crippen molar-refractivity contribution in [2.75, 3.05) is 19.6 Å². The zero-order valence-corrected chi connectivity index (χ0v) is 10.5. The molecule has 0 aromatic carbocycles. The minimum atomic E-state index is 0.562. The Morgan fingerprint density at radius 3 is 3.25 bits per heavy atom.